The van der Waals surface area contributed by atoms with Gasteiger partial charge in [-0.3, -0.25) is 0 Å². The molecule has 0 N–H and O–H groups in total. The van der Waals surface area contributed by atoms with Gasteiger partial charge < -0.3 is 13.3 Å². The van der Waals surface area contributed by atoms with Gasteiger partial charge in [0.1, 0.15) is 0 Å². The van der Waals surface area contributed by atoms with Crippen molar-refractivity contribution in [1.29, 1.82) is 0 Å². The summed E-state index contributed by atoms with van der Waals surface area (Å²) in [5, 5.41) is 0. The van der Waals surface area contributed by atoms with Crippen molar-refractivity contribution < 1.29 is 13.3 Å². The molecule has 0 aliphatic heterocycles. The predicted molar refractivity (Wildman–Crippen MR) is 54.9 cm³/mol. The molecule has 0 aliphatic rings. The van der Waals surface area contributed by atoms with Crippen LogP contribution in [0.3, 0.4) is 0 Å². The van der Waals surface area contributed by atoms with Crippen molar-refractivity contribution in [3.63, 3.8) is 0 Å². The Morgan fingerprint density at radius 3 is 1.58 bits per heavy atom. The van der Waals surface area contributed by atoms with Crippen LogP contribution in [-0.2, 0) is 13.3 Å². The van der Waals surface area contributed by atoms with E-state index >= 15 is 0 Å². The van der Waals surface area contributed by atoms with Gasteiger partial charge in [0.25, 0.3) is 0 Å². The highest BCUT2D eigenvalue weighted by Gasteiger charge is 2.31. The minimum absolute atomic E-state index is 0.635. The predicted octanol–water partition coefficient (Wildman–Crippen LogP) is 1.74. The third-order valence-corrected chi connectivity index (χ3v) is 5.33. The standard InChI is InChI=1S/C7H20O3Si2/c1-8-12(6,9-2)7-10-11(3,4)5/h7H2,1-6H3. The van der Waals surface area contributed by atoms with Gasteiger partial charge in [-0.15, -0.1) is 0 Å². The summed E-state index contributed by atoms with van der Waals surface area (Å²) in [6, 6.07) is 0. The Bertz CT molecular complexity index is 129. The van der Waals surface area contributed by atoms with Crippen LogP contribution < -0.4 is 0 Å². The molecule has 0 fully saturated rings. The van der Waals surface area contributed by atoms with Crippen molar-refractivity contribution in [3.05, 3.63) is 0 Å². The molecule has 0 saturated carbocycles. The first-order valence-electron chi connectivity index (χ1n) is 4.07. The van der Waals surface area contributed by atoms with E-state index in [-0.39, 0.29) is 0 Å². The van der Waals surface area contributed by atoms with Gasteiger partial charge in [0, 0.05) is 14.2 Å². The Balaban J connectivity index is 3.89. The Morgan fingerprint density at radius 1 is 0.917 bits per heavy atom. The van der Waals surface area contributed by atoms with Crippen LogP contribution in [0.15, 0.2) is 0 Å². The fourth-order valence-corrected chi connectivity index (χ4v) is 3.73. The Morgan fingerprint density at radius 2 is 1.33 bits per heavy atom. The van der Waals surface area contributed by atoms with Crippen LogP contribution in [0, 0.1) is 0 Å². The average molecular weight is 208 g/mol. The molecule has 0 amide bonds. The Hall–Kier alpha value is 0.314. The van der Waals surface area contributed by atoms with E-state index in [1.54, 1.807) is 14.2 Å². The van der Waals surface area contributed by atoms with Gasteiger partial charge >= 0.3 is 8.56 Å². The third kappa shape index (κ3) is 5.05. The lowest BCUT2D eigenvalue weighted by molar-refractivity contribution is 0.209. The van der Waals surface area contributed by atoms with Gasteiger partial charge in [-0.25, -0.2) is 0 Å². The van der Waals surface area contributed by atoms with E-state index in [0.717, 1.165) is 0 Å². The summed E-state index contributed by atoms with van der Waals surface area (Å²) in [4.78, 5) is 0. The maximum Gasteiger partial charge on any atom is 0.359 e. The molecule has 5 heteroatoms. The van der Waals surface area contributed by atoms with Crippen LogP contribution in [0.1, 0.15) is 0 Å². The topological polar surface area (TPSA) is 27.7 Å². The van der Waals surface area contributed by atoms with E-state index in [9.17, 15) is 0 Å². The highest BCUT2D eigenvalue weighted by molar-refractivity contribution is 6.72. The first-order valence-corrected chi connectivity index (χ1v) is 10.0. The molecule has 0 rings (SSSR count). The number of hydrogen-bond donors (Lipinski definition) is 0. The first-order chi connectivity index (χ1) is 5.33. The van der Waals surface area contributed by atoms with Gasteiger partial charge in [0.2, 0.25) is 0 Å². The van der Waals surface area contributed by atoms with E-state index < -0.39 is 16.9 Å². The van der Waals surface area contributed by atoms with Crippen LogP contribution in [-0.4, -0.2) is 37.3 Å². The van der Waals surface area contributed by atoms with E-state index in [2.05, 4.69) is 19.6 Å². The van der Waals surface area contributed by atoms with Gasteiger partial charge in [0.15, 0.2) is 8.32 Å². The molecule has 0 bridgehead atoms. The monoisotopic (exact) mass is 208 g/mol. The largest absolute Gasteiger partial charge is 0.416 e. The molecule has 0 spiro atoms. The molecule has 0 aromatic carbocycles. The van der Waals surface area contributed by atoms with E-state index in [1.165, 1.54) is 0 Å². The minimum Gasteiger partial charge on any atom is -0.416 e. The highest BCUT2D eigenvalue weighted by atomic mass is 28.4. The molecular formula is C7H20O3Si2. The molecule has 0 heterocycles. The van der Waals surface area contributed by atoms with E-state index in [1.807, 2.05) is 6.55 Å². The van der Waals surface area contributed by atoms with Crippen LogP contribution in [0.2, 0.25) is 26.2 Å². The van der Waals surface area contributed by atoms with Crippen LogP contribution in [0.5, 0.6) is 0 Å². The summed E-state index contributed by atoms with van der Waals surface area (Å²) in [5.74, 6) is 0. The van der Waals surface area contributed by atoms with Gasteiger partial charge in [-0.1, -0.05) is 0 Å². The van der Waals surface area contributed by atoms with Crippen molar-refractivity contribution in [2.75, 3.05) is 20.4 Å². The van der Waals surface area contributed by atoms with Gasteiger partial charge in [-0.2, -0.15) is 0 Å². The molecule has 0 unspecified atom stereocenters. The van der Waals surface area contributed by atoms with Gasteiger partial charge in [-0.05, 0) is 26.2 Å². The van der Waals surface area contributed by atoms with Crippen molar-refractivity contribution in [2.45, 2.75) is 26.2 Å². The van der Waals surface area contributed by atoms with Crippen molar-refractivity contribution >= 4 is 16.9 Å². The summed E-state index contributed by atoms with van der Waals surface area (Å²) < 4.78 is 16.3. The van der Waals surface area contributed by atoms with Crippen molar-refractivity contribution in [1.82, 2.24) is 0 Å². The zero-order chi connectivity index (χ0) is 9.83. The van der Waals surface area contributed by atoms with Crippen LogP contribution >= 0.6 is 0 Å². The fraction of sp³-hybridized carbons (Fsp3) is 1.00. The second kappa shape index (κ2) is 4.52. The first kappa shape index (κ1) is 12.3. The molecule has 0 aliphatic carbocycles. The molecule has 0 saturated heterocycles. The molecule has 3 nitrogen and oxygen atoms in total. The molecular weight excluding hydrogens is 188 g/mol. The van der Waals surface area contributed by atoms with Gasteiger partial charge in [0.05, 0.1) is 6.23 Å². The third-order valence-electron chi connectivity index (χ3n) is 1.63. The summed E-state index contributed by atoms with van der Waals surface area (Å²) >= 11 is 0. The quantitative estimate of drug-likeness (QED) is 0.644. The number of hydrogen-bond acceptors (Lipinski definition) is 3. The lowest BCUT2D eigenvalue weighted by Gasteiger charge is -2.26. The summed E-state index contributed by atoms with van der Waals surface area (Å²) in [6.45, 7) is 8.49. The molecule has 74 valence electrons. The molecule has 0 atom stereocenters. The summed E-state index contributed by atoms with van der Waals surface area (Å²) in [5.41, 5.74) is 0. The molecule has 12 heavy (non-hydrogen) atoms. The highest BCUT2D eigenvalue weighted by Crippen LogP contribution is 2.10. The lowest BCUT2D eigenvalue weighted by atomic mass is 11.7. The maximum absolute atomic E-state index is 5.73. The van der Waals surface area contributed by atoms with Crippen LogP contribution in [0.4, 0.5) is 0 Å². The molecule has 0 radical (unpaired) electrons. The van der Waals surface area contributed by atoms with Crippen LogP contribution in [0.25, 0.3) is 0 Å². The summed E-state index contributed by atoms with van der Waals surface area (Å²) in [7, 11) is -0.0518. The Kier molecular flexibility index (Phi) is 4.64. The van der Waals surface area contributed by atoms with Crippen molar-refractivity contribution in [3.8, 4) is 0 Å². The zero-order valence-electron chi connectivity index (χ0n) is 8.93. The Labute approximate surface area is 77.4 Å². The van der Waals surface area contributed by atoms with E-state index in [4.69, 9.17) is 13.3 Å². The summed E-state index contributed by atoms with van der Waals surface area (Å²) in [6.07, 6.45) is 0.635. The second-order valence-corrected chi connectivity index (χ2v) is 11.8. The zero-order valence-corrected chi connectivity index (χ0v) is 10.9. The molecule has 0 aromatic heterocycles. The fourth-order valence-electron chi connectivity index (χ4n) is 0.549. The lowest BCUT2D eigenvalue weighted by Crippen LogP contribution is -2.45. The average Bonchev–Trinajstić information content (AvgIpc) is 1.99. The maximum atomic E-state index is 5.73. The second-order valence-electron chi connectivity index (χ2n) is 3.94. The van der Waals surface area contributed by atoms with E-state index in [0.29, 0.717) is 6.23 Å². The SMILES string of the molecule is CO[Si](C)(CO[Si](C)(C)C)OC. The van der Waals surface area contributed by atoms with Crippen molar-refractivity contribution in [2.24, 2.45) is 0 Å². The normalized spacial score (nSPS) is 13.5. The minimum atomic E-state index is -1.99. The molecule has 0 aromatic rings. The smallest absolute Gasteiger partial charge is 0.359 e. The number of rotatable bonds is 5.